The third-order valence-electron chi connectivity index (χ3n) is 7.54. The fourth-order valence-electron chi connectivity index (χ4n) is 5.84. The Labute approximate surface area is 198 Å². The van der Waals surface area contributed by atoms with E-state index in [0.29, 0.717) is 11.8 Å². The van der Waals surface area contributed by atoms with E-state index in [-0.39, 0.29) is 0 Å². The largest absolute Gasteiger partial charge is 0.493 e. The smallest absolute Gasteiger partial charge is 0.197 e. The fourth-order valence-corrected chi connectivity index (χ4v) is 7.00. The Bertz CT molecular complexity index is 1270. The van der Waals surface area contributed by atoms with Gasteiger partial charge in [0.25, 0.3) is 0 Å². The first kappa shape index (κ1) is 21.1. The SMILES string of the molecule is COc1cc(-c2[nH]c3sc(C4CCC(N5CCCC5)CC4)nc3c2C(C)C)cn2ncnc12. The molecule has 7 nitrogen and oxygen atoms in total. The summed E-state index contributed by atoms with van der Waals surface area (Å²) < 4.78 is 7.38. The van der Waals surface area contributed by atoms with E-state index in [2.05, 4.69) is 33.8 Å². The number of fused-ring (bicyclic) bond motifs is 2. The fraction of sp³-hybridized carbons (Fsp3) is 0.560. The molecule has 1 saturated carbocycles. The van der Waals surface area contributed by atoms with Crippen LogP contribution < -0.4 is 4.74 Å². The van der Waals surface area contributed by atoms with E-state index in [0.717, 1.165) is 34.2 Å². The lowest BCUT2D eigenvalue weighted by Gasteiger charge is -2.33. The normalized spacial score (nSPS) is 22.2. The van der Waals surface area contributed by atoms with E-state index in [1.165, 1.54) is 67.0 Å². The zero-order valence-corrected chi connectivity index (χ0v) is 20.5. The lowest BCUT2D eigenvalue weighted by atomic mass is 9.86. The summed E-state index contributed by atoms with van der Waals surface area (Å²) in [4.78, 5) is 17.2. The van der Waals surface area contributed by atoms with Crippen molar-refractivity contribution in [1.29, 1.82) is 0 Å². The second kappa shape index (κ2) is 8.40. The quantitative estimate of drug-likeness (QED) is 0.417. The van der Waals surface area contributed by atoms with Crippen molar-refractivity contribution in [3.8, 4) is 17.0 Å². The lowest BCUT2D eigenvalue weighted by Crippen LogP contribution is -2.35. The molecule has 0 unspecified atom stereocenters. The zero-order chi connectivity index (χ0) is 22.5. The Kier molecular flexibility index (Phi) is 5.37. The highest BCUT2D eigenvalue weighted by Gasteiger charge is 2.30. The number of thiazole rings is 1. The number of likely N-dealkylation sites (tertiary alicyclic amines) is 1. The van der Waals surface area contributed by atoms with Gasteiger partial charge in [-0.05, 0) is 63.6 Å². The second-order valence-electron chi connectivity index (χ2n) is 9.87. The molecule has 0 bridgehead atoms. The Balaban J connectivity index is 1.32. The first-order valence-electron chi connectivity index (χ1n) is 12.3. The summed E-state index contributed by atoms with van der Waals surface area (Å²) in [6.07, 6.45) is 11.5. The molecule has 1 aliphatic carbocycles. The van der Waals surface area contributed by atoms with Gasteiger partial charge in [0.15, 0.2) is 11.4 Å². The van der Waals surface area contributed by atoms with Crippen molar-refractivity contribution in [2.24, 2.45) is 0 Å². The van der Waals surface area contributed by atoms with Crippen molar-refractivity contribution < 1.29 is 4.74 Å². The van der Waals surface area contributed by atoms with E-state index in [1.807, 2.05) is 23.6 Å². The molecule has 0 aromatic carbocycles. The van der Waals surface area contributed by atoms with Gasteiger partial charge in [0.1, 0.15) is 16.7 Å². The highest BCUT2D eigenvalue weighted by Crippen LogP contribution is 2.43. The minimum atomic E-state index is 0.354. The number of hydrogen-bond donors (Lipinski definition) is 1. The van der Waals surface area contributed by atoms with Crippen LogP contribution in [0.15, 0.2) is 18.6 Å². The number of methoxy groups -OCH3 is 1. The summed E-state index contributed by atoms with van der Waals surface area (Å²) >= 11 is 1.85. The number of aromatic amines is 1. The average Bonchev–Trinajstić information content (AvgIpc) is 3.61. The first-order chi connectivity index (χ1) is 16.1. The van der Waals surface area contributed by atoms with Crippen LogP contribution in [-0.4, -0.2) is 55.7 Å². The number of H-pyrrole nitrogens is 1. The zero-order valence-electron chi connectivity index (χ0n) is 19.7. The molecule has 0 amide bonds. The predicted molar refractivity (Wildman–Crippen MR) is 132 cm³/mol. The van der Waals surface area contributed by atoms with E-state index >= 15 is 0 Å². The maximum Gasteiger partial charge on any atom is 0.197 e. The molecule has 5 heterocycles. The molecular formula is C25H32N6OS. The van der Waals surface area contributed by atoms with Crippen LogP contribution in [0.4, 0.5) is 0 Å². The van der Waals surface area contributed by atoms with E-state index in [4.69, 9.17) is 9.72 Å². The summed E-state index contributed by atoms with van der Waals surface area (Å²) in [6.45, 7) is 7.11. The minimum Gasteiger partial charge on any atom is -0.493 e. The van der Waals surface area contributed by atoms with Gasteiger partial charge in [-0.15, -0.1) is 11.3 Å². The van der Waals surface area contributed by atoms with Crippen LogP contribution in [0, 0.1) is 0 Å². The molecule has 1 N–H and O–H groups in total. The Hall–Kier alpha value is -2.45. The van der Waals surface area contributed by atoms with E-state index in [1.54, 1.807) is 18.0 Å². The van der Waals surface area contributed by atoms with E-state index in [9.17, 15) is 0 Å². The molecule has 0 radical (unpaired) electrons. The van der Waals surface area contributed by atoms with Gasteiger partial charge in [-0.3, -0.25) is 0 Å². The number of pyridine rings is 1. The lowest BCUT2D eigenvalue weighted by molar-refractivity contribution is 0.182. The van der Waals surface area contributed by atoms with Gasteiger partial charge in [-0.2, -0.15) is 5.10 Å². The van der Waals surface area contributed by atoms with Gasteiger partial charge in [-0.1, -0.05) is 13.8 Å². The average molecular weight is 465 g/mol. The molecule has 2 aliphatic rings. The van der Waals surface area contributed by atoms with Crippen LogP contribution in [0.1, 0.15) is 74.8 Å². The van der Waals surface area contributed by atoms with Crippen molar-refractivity contribution in [2.45, 2.75) is 70.3 Å². The van der Waals surface area contributed by atoms with Gasteiger partial charge < -0.3 is 14.6 Å². The van der Waals surface area contributed by atoms with Gasteiger partial charge in [0, 0.05) is 29.3 Å². The van der Waals surface area contributed by atoms with Crippen LogP contribution in [0.5, 0.6) is 5.75 Å². The van der Waals surface area contributed by atoms with Crippen molar-refractivity contribution in [3.63, 3.8) is 0 Å². The van der Waals surface area contributed by atoms with Gasteiger partial charge in [0.2, 0.25) is 0 Å². The van der Waals surface area contributed by atoms with Crippen LogP contribution >= 0.6 is 11.3 Å². The topological polar surface area (TPSA) is 71.3 Å². The highest BCUT2D eigenvalue weighted by molar-refractivity contribution is 7.18. The Morgan fingerprint density at radius 3 is 2.67 bits per heavy atom. The third kappa shape index (κ3) is 3.64. The van der Waals surface area contributed by atoms with Crippen LogP contribution in [0.2, 0.25) is 0 Å². The highest BCUT2D eigenvalue weighted by atomic mass is 32.1. The van der Waals surface area contributed by atoms with E-state index < -0.39 is 0 Å². The van der Waals surface area contributed by atoms with Crippen LogP contribution in [-0.2, 0) is 0 Å². The van der Waals surface area contributed by atoms with Gasteiger partial charge in [-0.25, -0.2) is 14.5 Å². The minimum absolute atomic E-state index is 0.354. The summed E-state index contributed by atoms with van der Waals surface area (Å²) in [5.41, 5.74) is 5.30. The summed E-state index contributed by atoms with van der Waals surface area (Å²) in [5.74, 6) is 1.68. The molecule has 1 saturated heterocycles. The number of nitrogens with zero attached hydrogens (tertiary/aromatic N) is 5. The Morgan fingerprint density at radius 1 is 1.15 bits per heavy atom. The third-order valence-corrected chi connectivity index (χ3v) is 8.67. The maximum atomic E-state index is 5.59. The second-order valence-corrected chi connectivity index (χ2v) is 10.9. The van der Waals surface area contributed by atoms with Gasteiger partial charge >= 0.3 is 0 Å². The molecule has 8 heteroatoms. The number of nitrogens with one attached hydrogen (secondary N) is 1. The van der Waals surface area contributed by atoms with Crippen molar-refractivity contribution in [1.82, 2.24) is 29.5 Å². The molecular weight excluding hydrogens is 432 g/mol. The van der Waals surface area contributed by atoms with Crippen molar-refractivity contribution in [2.75, 3.05) is 20.2 Å². The number of hydrogen-bond acceptors (Lipinski definition) is 6. The molecule has 4 aromatic heterocycles. The predicted octanol–water partition coefficient (Wildman–Crippen LogP) is 5.59. The molecule has 6 rings (SSSR count). The Morgan fingerprint density at radius 2 is 1.94 bits per heavy atom. The standard InChI is InChI=1S/C25H32N6OS/c1-15(2)20-21(17-12-19(32-3)23-26-14-27-31(23)13-17)28-25-22(20)29-24(33-25)16-6-8-18(9-7-16)30-10-4-5-11-30/h12-16,18,28H,4-11H2,1-3H3. The number of ether oxygens (including phenoxy) is 1. The number of rotatable bonds is 5. The summed E-state index contributed by atoms with van der Waals surface area (Å²) in [6, 6.07) is 2.85. The first-order valence-corrected chi connectivity index (χ1v) is 13.1. The van der Waals surface area contributed by atoms with Gasteiger partial charge in [0.05, 0.1) is 17.8 Å². The monoisotopic (exact) mass is 464 g/mol. The molecule has 2 fully saturated rings. The van der Waals surface area contributed by atoms with Crippen LogP contribution in [0.25, 0.3) is 27.3 Å². The summed E-state index contributed by atoms with van der Waals surface area (Å²) in [5, 5.41) is 5.65. The van der Waals surface area contributed by atoms with Crippen molar-refractivity contribution in [3.05, 3.63) is 29.2 Å². The maximum absolute atomic E-state index is 5.59. The molecule has 174 valence electrons. The number of aromatic nitrogens is 5. The molecule has 33 heavy (non-hydrogen) atoms. The molecule has 0 spiro atoms. The van der Waals surface area contributed by atoms with Crippen LogP contribution in [0.3, 0.4) is 0 Å². The molecule has 1 aliphatic heterocycles. The summed E-state index contributed by atoms with van der Waals surface area (Å²) in [7, 11) is 1.68. The molecule has 4 aromatic rings. The van der Waals surface area contributed by atoms with Crippen molar-refractivity contribution >= 4 is 27.3 Å². The molecule has 0 atom stereocenters.